The second-order valence-corrected chi connectivity index (χ2v) is 6.99. The van der Waals surface area contributed by atoms with Gasteiger partial charge in [-0.3, -0.25) is 9.59 Å². The third kappa shape index (κ3) is 5.88. The molecule has 0 aliphatic carbocycles. The van der Waals surface area contributed by atoms with Crippen LogP contribution in [0.15, 0.2) is 70.9 Å². The number of carbonyl (C=O) groups is 2. The number of benzene rings is 2. The molecule has 1 aliphatic rings. The highest BCUT2D eigenvalue weighted by Crippen LogP contribution is 2.23. The zero-order chi connectivity index (χ0) is 19.8. The number of hydrogen-bond acceptors (Lipinski definition) is 5. The molecule has 1 saturated heterocycles. The van der Waals surface area contributed by atoms with Gasteiger partial charge in [-0.25, -0.2) is 4.39 Å². The SMILES string of the molecule is O=C(CC1S/C(=N/N=C/C=C/c2ccccc2)NC1=O)Nc1ccc(F)cc1. The summed E-state index contributed by atoms with van der Waals surface area (Å²) in [4.78, 5) is 24.0. The number of anilines is 1. The van der Waals surface area contributed by atoms with Gasteiger partial charge in [0.15, 0.2) is 5.17 Å². The largest absolute Gasteiger partial charge is 0.326 e. The topological polar surface area (TPSA) is 82.9 Å². The summed E-state index contributed by atoms with van der Waals surface area (Å²) in [5, 5.41) is 12.8. The second kappa shape index (κ2) is 9.61. The Kier molecular flexibility index (Phi) is 6.69. The van der Waals surface area contributed by atoms with Crippen molar-refractivity contribution >= 4 is 46.7 Å². The molecular weight excluding hydrogens is 379 g/mol. The van der Waals surface area contributed by atoms with Crippen LogP contribution in [-0.2, 0) is 9.59 Å². The molecule has 2 amide bonds. The average Bonchev–Trinajstić information content (AvgIpc) is 3.03. The molecule has 1 aliphatic heterocycles. The third-order valence-corrected chi connectivity index (χ3v) is 4.74. The van der Waals surface area contributed by atoms with Gasteiger partial charge in [-0.2, -0.15) is 5.10 Å². The van der Waals surface area contributed by atoms with E-state index in [0.29, 0.717) is 10.9 Å². The lowest BCUT2D eigenvalue weighted by Crippen LogP contribution is -2.28. The second-order valence-electron chi connectivity index (χ2n) is 5.79. The van der Waals surface area contributed by atoms with E-state index in [1.807, 2.05) is 36.4 Å². The predicted molar refractivity (Wildman–Crippen MR) is 111 cm³/mol. The van der Waals surface area contributed by atoms with E-state index in [4.69, 9.17) is 0 Å². The van der Waals surface area contributed by atoms with Gasteiger partial charge in [-0.05, 0) is 35.9 Å². The highest BCUT2D eigenvalue weighted by Gasteiger charge is 2.32. The molecule has 2 N–H and O–H groups in total. The van der Waals surface area contributed by atoms with Gasteiger partial charge < -0.3 is 10.6 Å². The maximum absolute atomic E-state index is 12.9. The summed E-state index contributed by atoms with van der Waals surface area (Å²) in [6.07, 6.45) is 5.12. The molecule has 28 heavy (non-hydrogen) atoms. The molecule has 6 nitrogen and oxygen atoms in total. The summed E-state index contributed by atoms with van der Waals surface area (Å²) in [6, 6.07) is 15.2. The van der Waals surface area contributed by atoms with Gasteiger partial charge in [0, 0.05) is 18.3 Å². The summed E-state index contributed by atoms with van der Waals surface area (Å²) < 4.78 is 12.9. The van der Waals surface area contributed by atoms with E-state index in [1.54, 1.807) is 6.08 Å². The Morgan fingerprint density at radius 2 is 1.93 bits per heavy atom. The molecule has 8 heteroatoms. The first-order valence-corrected chi connectivity index (χ1v) is 9.34. The number of hydrogen-bond donors (Lipinski definition) is 2. The van der Waals surface area contributed by atoms with E-state index in [2.05, 4.69) is 20.8 Å². The summed E-state index contributed by atoms with van der Waals surface area (Å²) in [5.41, 5.74) is 1.51. The lowest BCUT2D eigenvalue weighted by molar-refractivity contribution is -0.122. The van der Waals surface area contributed by atoms with Crippen molar-refractivity contribution < 1.29 is 14.0 Å². The summed E-state index contributed by atoms with van der Waals surface area (Å²) in [5.74, 6) is -1.02. The predicted octanol–water partition coefficient (Wildman–Crippen LogP) is 3.44. The molecule has 2 aromatic carbocycles. The zero-order valence-corrected chi connectivity index (χ0v) is 15.5. The number of halogens is 1. The maximum atomic E-state index is 12.9. The van der Waals surface area contributed by atoms with Gasteiger partial charge in [0.05, 0.1) is 0 Å². The minimum Gasteiger partial charge on any atom is -0.326 e. The summed E-state index contributed by atoms with van der Waals surface area (Å²) in [7, 11) is 0. The molecule has 0 spiro atoms. The van der Waals surface area contributed by atoms with E-state index in [0.717, 1.165) is 17.3 Å². The third-order valence-electron chi connectivity index (χ3n) is 3.66. The first-order chi connectivity index (χ1) is 13.6. The number of nitrogens with one attached hydrogen (secondary N) is 2. The molecule has 142 valence electrons. The van der Waals surface area contributed by atoms with Crippen LogP contribution in [-0.4, -0.2) is 28.4 Å². The number of amides is 2. The van der Waals surface area contributed by atoms with Gasteiger partial charge in [0.2, 0.25) is 11.8 Å². The number of thioether (sulfide) groups is 1. The van der Waals surface area contributed by atoms with Crippen LogP contribution in [0.2, 0.25) is 0 Å². The van der Waals surface area contributed by atoms with Crippen LogP contribution >= 0.6 is 11.8 Å². The summed E-state index contributed by atoms with van der Waals surface area (Å²) >= 11 is 1.15. The molecule has 1 fully saturated rings. The molecule has 0 saturated carbocycles. The number of carbonyl (C=O) groups excluding carboxylic acids is 2. The minimum absolute atomic E-state index is 0.0233. The van der Waals surface area contributed by atoms with Crippen molar-refractivity contribution in [2.45, 2.75) is 11.7 Å². The maximum Gasteiger partial charge on any atom is 0.240 e. The smallest absolute Gasteiger partial charge is 0.240 e. The van der Waals surface area contributed by atoms with Crippen molar-refractivity contribution in [1.82, 2.24) is 5.32 Å². The molecule has 1 unspecified atom stereocenters. The lowest BCUT2D eigenvalue weighted by Gasteiger charge is -2.07. The Hall–Kier alpha value is -3.26. The molecular formula is C20H17FN4O2S. The van der Waals surface area contributed by atoms with Crippen molar-refractivity contribution in [2.75, 3.05) is 5.32 Å². The lowest BCUT2D eigenvalue weighted by atomic mass is 10.2. The van der Waals surface area contributed by atoms with Crippen molar-refractivity contribution in [2.24, 2.45) is 10.2 Å². The van der Waals surface area contributed by atoms with E-state index in [9.17, 15) is 14.0 Å². The Bertz CT molecular complexity index is 927. The first-order valence-electron chi connectivity index (χ1n) is 8.46. The zero-order valence-electron chi connectivity index (χ0n) is 14.7. The molecule has 3 rings (SSSR count). The average molecular weight is 396 g/mol. The molecule has 2 aromatic rings. The van der Waals surface area contributed by atoms with Crippen LogP contribution in [0.3, 0.4) is 0 Å². The van der Waals surface area contributed by atoms with E-state index < -0.39 is 5.25 Å². The standard InChI is InChI=1S/C20H17FN4O2S/c21-15-8-10-16(11-9-15)23-18(26)13-17-19(27)24-20(28-17)25-22-12-4-7-14-5-2-1-3-6-14/h1-12,17H,13H2,(H,23,26)(H,24,25,27)/b7-4+,22-12+. The fraction of sp³-hybridized carbons (Fsp3) is 0.100. The highest BCUT2D eigenvalue weighted by molar-refractivity contribution is 8.15. The fourth-order valence-electron chi connectivity index (χ4n) is 2.34. The molecule has 1 atom stereocenters. The van der Waals surface area contributed by atoms with Gasteiger partial charge in [0.1, 0.15) is 11.1 Å². The van der Waals surface area contributed by atoms with Crippen LogP contribution in [0.5, 0.6) is 0 Å². The van der Waals surface area contributed by atoms with Gasteiger partial charge in [0.25, 0.3) is 0 Å². The van der Waals surface area contributed by atoms with Crippen molar-refractivity contribution in [3.63, 3.8) is 0 Å². The Morgan fingerprint density at radius 1 is 1.18 bits per heavy atom. The number of amidine groups is 1. The van der Waals surface area contributed by atoms with Crippen LogP contribution < -0.4 is 10.6 Å². The molecule has 1 heterocycles. The molecule has 0 bridgehead atoms. The van der Waals surface area contributed by atoms with Crippen LogP contribution in [0.25, 0.3) is 6.08 Å². The Balaban J connectivity index is 1.49. The fourth-order valence-corrected chi connectivity index (χ4v) is 3.27. The van der Waals surface area contributed by atoms with Gasteiger partial charge in [-0.1, -0.05) is 48.2 Å². The number of rotatable bonds is 6. The van der Waals surface area contributed by atoms with Crippen molar-refractivity contribution in [3.05, 3.63) is 72.1 Å². The normalized spacial score (nSPS) is 18.1. The number of allylic oxidation sites excluding steroid dienone is 1. The van der Waals surface area contributed by atoms with Crippen LogP contribution in [0.1, 0.15) is 12.0 Å². The van der Waals surface area contributed by atoms with E-state index in [-0.39, 0.29) is 24.1 Å². The van der Waals surface area contributed by atoms with Crippen molar-refractivity contribution in [3.8, 4) is 0 Å². The van der Waals surface area contributed by atoms with Crippen LogP contribution in [0.4, 0.5) is 10.1 Å². The monoisotopic (exact) mass is 396 g/mol. The summed E-state index contributed by atoms with van der Waals surface area (Å²) in [6.45, 7) is 0. The minimum atomic E-state index is -0.589. The first kappa shape index (κ1) is 19.5. The molecule has 0 radical (unpaired) electrons. The van der Waals surface area contributed by atoms with Gasteiger partial charge in [-0.15, -0.1) is 5.10 Å². The van der Waals surface area contributed by atoms with Gasteiger partial charge >= 0.3 is 0 Å². The van der Waals surface area contributed by atoms with Crippen LogP contribution in [0, 0.1) is 5.82 Å². The highest BCUT2D eigenvalue weighted by atomic mass is 32.2. The Morgan fingerprint density at radius 3 is 2.68 bits per heavy atom. The van der Waals surface area contributed by atoms with Crippen molar-refractivity contribution in [1.29, 1.82) is 0 Å². The van der Waals surface area contributed by atoms with E-state index in [1.165, 1.54) is 30.5 Å². The van der Waals surface area contributed by atoms with E-state index >= 15 is 0 Å². The Labute approximate surface area is 165 Å². The number of nitrogens with zero attached hydrogens (tertiary/aromatic N) is 2. The quantitative estimate of drug-likeness (QED) is 0.580. The molecule has 0 aromatic heterocycles.